The molecule has 0 aliphatic carbocycles. The van der Waals surface area contributed by atoms with Crippen LogP contribution in [0.25, 0.3) is 11.2 Å². The number of carbonyl (C=O) groups is 1. The minimum atomic E-state index is -1.13. The number of aryl methyl sites for hydroxylation is 2. The predicted octanol–water partition coefficient (Wildman–Crippen LogP) is -0.332. The number of aliphatic carboxylic acids is 1. The first kappa shape index (κ1) is 20.1. The van der Waals surface area contributed by atoms with Crippen LogP contribution in [0.4, 0.5) is 5.95 Å². The summed E-state index contributed by atoms with van der Waals surface area (Å²) < 4.78 is 8.10. The smallest absolute Gasteiger partial charge is 0.329 e. The number of carboxylic acids is 1. The summed E-state index contributed by atoms with van der Waals surface area (Å²) in [5.41, 5.74) is -0.331. The van der Waals surface area contributed by atoms with E-state index < -0.39 is 29.9 Å². The Bertz CT molecular complexity index is 1160. The second-order valence-electron chi connectivity index (χ2n) is 6.51. The monoisotopic (exact) mass is 403 g/mol. The zero-order valence-electron chi connectivity index (χ0n) is 15.9. The lowest BCUT2D eigenvalue weighted by atomic mass is 10.2. The van der Waals surface area contributed by atoms with E-state index >= 15 is 0 Å². The van der Waals surface area contributed by atoms with E-state index in [1.165, 1.54) is 11.6 Å². The molecule has 2 aromatic heterocycles. The quantitative estimate of drug-likeness (QED) is 0.399. The third-order valence-corrected chi connectivity index (χ3v) is 4.32. The van der Waals surface area contributed by atoms with Gasteiger partial charge in [-0.2, -0.15) is 4.98 Å². The summed E-state index contributed by atoms with van der Waals surface area (Å²) in [7, 11) is 1.43. The van der Waals surface area contributed by atoms with E-state index in [4.69, 9.17) is 9.84 Å². The predicted molar refractivity (Wildman–Crippen MR) is 104 cm³/mol. The highest BCUT2D eigenvalue weighted by Gasteiger charge is 2.20. The summed E-state index contributed by atoms with van der Waals surface area (Å²) in [4.78, 5) is 41.4. The molecule has 2 heterocycles. The van der Waals surface area contributed by atoms with Gasteiger partial charge in [0, 0.05) is 7.05 Å². The summed E-state index contributed by atoms with van der Waals surface area (Å²) in [5.74, 6) is -0.467. The Morgan fingerprint density at radius 2 is 2.07 bits per heavy atom. The number of aliphatic hydroxyl groups excluding tert-OH is 1. The lowest BCUT2D eigenvalue weighted by Crippen LogP contribution is -2.31. The zero-order chi connectivity index (χ0) is 21.1. The van der Waals surface area contributed by atoms with Crippen LogP contribution in [-0.4, -0.2) is 54.5 Å². The summed E-state index contributed by atoms with van der Waals surface area (Å²) >= 11 is 0. The molecule has 3 rings (SSSR count). The van der Waals surface area contributed by atoms with Crippen LogP contribution in [0, 0.1) is 6.92 Å². The molecule has 11 heteroatoms. The Labute approximate surface area is 164 Å². The number of ether oxygens (including phenoxy) is 1. The molecule has 0 aliphatic heterocycles. The minimum absolute atomic E-state index is 0.0370. The van der Waals surface area contributed by atoms with E-state index in [-0.39, 0.29) is 30.3 Å². The molecule has 0 saturated carbocycles. The molecule has 0 amide bonds. The summed E-state index contributed by atoms with van der Waals surface area (Å²) in [5, 5.41) is 22.0. The Balaban J connectivity index is 1.91. The number of rotatable bonds is 8. The molecule has 1 aromatic carbocycles. The number of carboxylic acid groups (broad SMARTS) is 1. The number of fused-ring (bicyclic) bond motifs is 1. The normalized spacial score (nSPS) is 12.1. The third-order valence-electron chi connectivity index (χ3n) is 4.32. The summed E-state index contributed by atoms with van der Waals surface area (Å²) in [6, 6.07) is 7.33. The van der Waals surface area contributed by atoms with Gasteiger partial charge in [0.1, 0.15) is 25.0 Å². The van der Waals surface area contributed by atoms with Crippen LogP contribution in [0.1, 0.15) is 5.56 Å². The Morgan fingerprint density at radius 1 is 1.34 bits per heavy atom. The maximum Gasteiger partial charge on any atom is 0.329 e. The molecule has 29 heavy (non-hydrogen) atoms. The standard InChI is InChI=1S/C18H21N5O6/c1-10-5-3-4-6-12(10)29-9-11(24)8-23-14-15(20-17(23)19-7-13(25)26)22(2)18(28)21-16(14)27/h3-6,11,24H,7-9H2,1-2H3,(H,19,20)(H,25,26)(H,21,27,28)/t11-/m1/s1. The maximum atomic E-state index is 12.3. The van der Waals surface area contributed by atoms with Gasteiger partial charge in [0.15, 0.2) is 11.2 Å². The van der Waals surface area contributed by atoms with Gasteiger partial charge in [-0.25, -0.2) is 4.79 Å². The number of hydrogen-bond donors (Lipinski definition) is 4. The van der Waals surface area contributed by atoms with Gasteiger partial charge in [0.05, 0.1) is 6.54 Å². The van der Waals surface area contributed by atoms with Gasteiger partial charge in [0.2, 0.25) is 5.95 Å². The Kier molecular flexibility index (Phi) is 5.69. The van der Waals surface area contributed by atoms with E-state index in [1.807, 2.05) is 25.1 Å². The largest absolute Gasteiger partial charge is 0.491 e. The highest BCUT2D eigenvalue weighted by molar-refractivity contribution is 5.76. The molecular weight excluding hydrogens is 382 g/mol. The van der Waals surface area contributed by atoms with E-state index in [0.29, 0.717) is 5.75 Å². The van der Waals surface area contributed by atoms with Crippen LogP contribution < -0.4 is 21.3 Å². The molecule has 0 aliphatic rings. The highest BCUT2D eigenvalue weighted by atomic mass is 16.5. The minimum Gasteiger partial charge on any atom is -0.491 e. The van der Waals surface area contributed by atoms with Crippen molar-refractivity contribution in [3.8, 4) is 5.75 Å². The van der Waals surface area contributed by atoms with Gasteiger partial charge < -0.3 is 24.8 Å². The Morgan fingerprint density at radius 3 is 2.76 bits per heavy atom. The van der Waals surface area contributed by atoms with Gasteiger partial charge in [-0.05, 0) is 18.6 Å². The topological polar surface area (TPSA) is 151 Å². The van der Waals surface area contributed by atoms with Crippen molar-refractivity contribution < 1.29 is 19.7 Å². The molecule has 0 unspecified atom stereocenters. The Hall–Kier alpha value is -3.60. The molecule has 0 radical (unpaired) electrons. The lowest BCUT2D eigenvalue weighted by molar-refractivity contribution is -0.134. The maximum absolute atomic E-state index is 12.3. The number of benzene rings is 1. The van der Waals surface area contributed by atoms with Gasteiger partial charge in [-0.3, -0.25) is 19.1 Å². The van der Waals surface area contributed by atoms with Crippen molar-refractivity contribution in [1.82, 2.24) is 19.1 Å². The number of nitrogens with one attached hydrogen (secondary N) is 2. The fourth-order valence-electron chi connectivity index (χ4n) is 2.87. The van der Waals surface area contributed by atoms with Crippen molar-refractivity contribution in [2.24, 2.45) is 7.05 Å². The number of aromatic amines is 1. The van der Waals surface area contributed by atoms with Gasteiger partial charge in [-0.1, -0.05) is 18.2 Å². The SMILES string of the molecule is Cc1ccccc1OC[C@H](O)Cn1c(NCC(=O)O)nc2c1c(=O)[nH]c(=O)n2C. The van der Waals surface area contributed by atoms with Crippen molar-refractivity contribution in [3.05, 3.63) is 50.7 Å². The van der Waals surface area contributed by atoms with Crippen molar-refractivity contribution >= 4 is 23.1 Å². The fourth-order valence-corrected chi connectivity index (χ4v) is 2.87. The van der Waals surface area contributed by atoms with Gasteiger partial charge in [-0.15, -0.1) is 0 Å². The number of aliphatic hydroxyl groups is 1. The molecule has 11 nitrogen and oxygen atoms in total. The molecule has 0 fully saturated rings. The van der Waals surface area contributed by atoms with Crippen molar-refractivity contribution in [2.75, 3.05) is 18.5 Å². The number of aromatic nitrogens is 4. The van der Waals surface area contributed by atoms with Crippen LogP contribution in [-0.2, 0) is 18.4 Å². The molecule has 154 valence electrons. The van der Waals surface area contributed by atoms with Crippen LogP contribution in [0.3, 0.4) is 0 Å². The van der Waals surface area contributed by atoms with Crippen LogP contribution in [0.15, 0.2) is 33.9 Å². The highest BCUT2D eigenvalue weighted by Crippen LogP contribution is 2.18. The second-order valence-corrected chi connectivity index (χ2v) is 6.51. The average molecular weight is 403 g/mol. The number of H-pyrrole nitrogens is 1. The summed E-state index contributed by atoms with van der Waals surface area (Å²) in [6.45, 7) is 1.25. The van der Waals surface area contributed by atoms with Crippen LogP contribution >= 0.6 is 0 Å². The van der Waals surface area contributed by atoms with E-state index in [1.54, 1.807) is 6.07 Å². The van der Waals surface area contributed by atoms with Crippen molar-refractivity contribution in [3.63, 3.8) is 0 Å². The van der Waals surface area contributed by atoms with Crippen LogP contribution in [0.5, 0.6) is 5.75 Å². The van der Waals surface area contributed by atoms with Crippen LogP contribution in [0.2, 0.25) is 0 Å². The molecule has 4 N–H and O–H groups in total. The number of hydrogen-bond acceptors (Lipinski definition) is 7. The van der Waals surface area contributed by atoms with E-state index in [2.05, 4.69) is 15.3 Å². The number of para-hydroxylation sites is 1. The molecule has 0 saturated heterocycles. The fraction of sp³-hybridized carbons (Fsp3) is 0.333. The molecule has 0 spiro atoms. The lowest BCUT2D eigenvalue weighted by Gasteiger charge is -2.16. The third kappa shape index (κ3) is 4.29. The molecular formula is C18H21N5O6. The van der Waals surface area contributed by atoms with Gasteiger partial charge in [0.25, 0.3) is 5.56 Å². The van der Waals surface area contributed by atoms with E-state index in [0.717, 1.165) is 10.1 Å². The average Bonchev–Trinajstić information content (AvgIpc) is 3.03. The van der Waals surface area contributed by atoms with Crippen molar-refractivity contribution in [2.45, 2.75) is 19.6 Å². The number of anilines is 1. The zero-order valence-corrected chi connectivity index (χ0v) is 15.9. The summed E-state index contributed by atoms with van der Waals surface area (Å²) in [6.07, 6.45) is -1.03. The first-order valence-electron chi connectivity index (χ1n) is 8.79. The molecule has 1 atom stereocenters. The number of imidazole rings is 1. The number of nitrogens with zero attached hydrogens (tertiary/aromatic N) is 3. The molecule has 0 bridgehead atoms. The second kappa shape index (κ2) is 8.19. The van der Waals surface area contributed by atoms with E-state index in [9.17, 15) is 19.5 Å². The van der Waals surface area contributed by atoms with Gasteiger partial charge >= 0.3 is 11.7 Å². The first-order valence-corrected chi connectivity index (χ1v) is 8.79. The molecule has 3 aromatic rings. The van der Waals surface area contributed by atoms with Crippen molar-refractivity contribution in [1.29, 1.82) is 0 Å². The first-order chi connectivity index (χ1) is 13.8.